The first-order valence-electron chi connectivity index (χ1n) is 5.49. The molecule has 8 heteroatoms. The summed E-state index contributed by atoms with van der Waals surface area (Å²) in [6, 6.07) is 4.36. The molecule has 3 N–H and O–H groups in total. The van der Waals surface area contributed by atoms with Crippen molar-refractivity contribution in [1.82, 2.24) is 5.16 Å². The first-order valence-corrected chi connectivity index (χ1v) is 5.49. The Bertz CT molecular complexity index is 650. The van der Waals surface area contributed by atoms with Gasteiger partial charge in [-0.05, 0) is 25.1 Å². The van der Waals surface area contributed by atoms with Crippen LogP contribution in [0.2, 0.25) is 0 Å². The van der Waals surface area contributed by atoms with Gasteiger partial charge in [0, 0.05) is 17.3 Å². The third-order valence-corrected chi connectivity index (χ3v) is 2.49. The van der Waals surface area contributed by atoms with Crippen LogP contribution in [-0.2, 0) is 6.18 Å². The number of nitrogens with one attached hydrogen (secondary N) is 1. The molecule has 0 radical (unpaired) electrons. The lowest BCUT2D eigenvalue weighted by atomic mass is 10.1. The van der Waals surface area contributed by atoms with Crippen LogP contribution in [0.25, 0.3) is 0 Å². The maximum Gasteiger partial charge on any atom is 0.418 e. The smallest absolute Gasteiger partial charge is 0.398 e. The van der Waals surface area contributed by atoms with Crippen LogP contribution in [0, 0.1) is 6.92 Å². The number of aromatic nitrogens is 1. The van der Waals surface area contributed by atoms with E-state index in [-0.39, 0.29) is 11.4 Å². The summed E-state index contributed by atoms with van der Waals surface area (Å²) < 4.78 is 42.8. The molecule has 2 rings (SSSR count). The van der Waals surface area contributed by atoms with Gasteiger partial charge in [-0.1, -0.05) is 5.16 Å². The Morgan fingerprint density at radius 2 is 2.05 bits per heavy atom. The highest BCUT2D eigenvalue weighted by Gasteiger charge is 2.33. The van der Waals surface area contributed by atoms with Gasteiger partial charge in [0.15, 0.2) is 0 Å². The lowest BCUT2D eigenvalue weighted by Gasteiger charge is -2.11. The molecule has 0 saturated carbocycles. The molecule has 0 saturated heterocycles. The van der Waals surface area contributed by atoms with Gasteiger partial charge in [0.25, 0.3) is 5.91 Å². The molecule has 1 aromatic heterocycles. The molecular weight excluding hydrogens is 275 g/mol. The van der Waals surface area contributed by atoms with Crippen molar-refractivity contribution in [1.29, 1.82) is 0 Å². The van der Waals surface area contributed by atoms with E-state index in [1.54, 1.807) is 6.92 Å². The van der Waals surface area contributed by atoms with Gasteiger partial charge in [0.05, 0.1) is 11.3 Å². The minimum atomic E-state index is -4.62. The number of hydrogen-bond donors (Lipinski definition) is 2. The topological polar surface area (TPSA) is 81.2 Å². The Balaban J connectivity index is 2.27. The van der Waals surface area contributed by atoms with Gasteiger partial charge in [-0.15, -0.1) is 0 Å². The molecule has 1 amide bonds. The molecular formula is C12H10F3N3O2. The molecule has 5 nitrogen and oxygen atoms in total. The Hall–Kier alpha value is -2.51. The standard InChI is InChI=1S/C12H10F3N3O2/c1-6-4-10(20-18-6)17-11(19)7-2-3-9(16)8(5-7)12(13,14)15/h2-5H,16H2,1H3,(H,17,19). The average molecular weight is 285 g/mol. The van der Waals surface area contributed by atoms with E-state index in [1.807, 2.05) is 0 Å². The highest BCUT2D eigenvalue weighted by Crippen LogP contribution is 2.34. The van der Waals surface area contributed by atoms with Gasteiger partial charge < -0.3 is 10.3 Å². The van der Waals surface area contributed by atoms with E-state index in [0.717, 1.165) is 6.07 Å². The van der Waals surface area contributed by atoms with Crippen molar-refractivity contribution in [3.63, 3.8) is 0 Å². The van der Waals surface area contributed by atoms with Crippen molar-refractivity contribution >= 4 is 17.5 Å². The van der Waals surface area contributed by atoms with Crippen LogP contribution in [0.5, 0.6) is 0 Å². The van der Waals surface area contributed by atoms with E-state index in [1.165, 1.54) is 12.1 Å². The van der Waals surface area contributed by atoms with Crippen molar-refractivity contribution in [2.45, 2.75) is 13.1 Å². The van der Waals surface area contributed by atoms with E-state index in [2.05, 4.69) is 10.5 Å². The number of aryl methyl sites for hydroxylation is 1. The monoisotopic (exact) mass is 285 g/mol. The molecule has 2 aromatic rings. The van der Waals surface area contributed by atoms with Crippen LogP contribution in [-0.4, -0.2) is 11.1 Å². The number of halogens is 3. The summed E-state index contributed by atoms with van der Waals surface area (Å²) in [7, 11) is 0. The molecule has 0 bridgehead atoms. The average Bonchev–Trinajstić information content (AvgIpc) is 2.73. The zero-order valence-corrected chi connectivity index (χ0v) is 10.3. The fraction of sp³-hybridized carbons (Fsp3) is 0.167. The number of nitrogen functional groups attached to an aromatic ring is 1. The Kier molecular flexibility index (Phi) is 3.39. The van der Waals surface area contributed by atoms with Gasteiger partial charge in [0.2, 0.25) is 5.88 Å². The van der Waals surface area contributed by atoms with Gasteiger partial charge in [-0.25, -0.2) is 0 Å². The second kappa shape index (κ2) is 4.87. The maximum absolute atomic E-state index is 12.7. The van der Waals surface area contributed by atoms with Gasteiger partial charge in [-0.3, -0.25) is 10.1 Å². The lowest BCUT2D eigenvalue weighted by Crippen LogP contribution is -2.15. The number of hydrogen-bond acceptors (Lipinski definition) is 4. The third kappa shape index (κ3) is 2.90. The van der Waals surface area contributed by atoms with Gasteiger partial charge in [-0.2, -0.15) is 13.2 Å². The number of anilines is 2. The molecule has 1 heterocycles. The number of nitrogens with zero attached hydrogens (tertiary/aromatic N) is 1. The largest absolute Gasteiger partial charge is 0.418 e. The third-order valence-electron chi connectivity index (χ3n) is 2.49. The van der Waals surface area contributed by atoms with Crippen LogP contribution in [0.15, 0.2) is 28.8 Å². The molecule has 0 spiro atoms. The predicted molar refractivity (Wildman–Crippen MR) is 65.0 cm³/mol. The van der Waals surface area contributed by atoms with Crippen molar-refractivity contribution < 1.29 is 22.5 Å². The highest BCUT2D eigenvalue weighted by atomic mass is 19.4. The summed E-state index contributed by atoms with van der Waals surface area (Å²) in [5, 5.41) is 5.85. The van der Waals surface area contributed by atoms with E-state index in [9.17, 15) is 18.0 Å². The van der Waals surface area contributed by atoms with E-state index < -0.39 is 23.3 Å². The number of benzene rings is 1. The van der Waals surface area contributed by atoms with Crippen LogP contribution in [0.4, 0.5) is 24.7 Å². The second-order valence-electron chi connectivity index (χ2n) is 4.09. The van der Waals surface area contributed by atoms with Crippen molar-refractivity contribution in [3.8, 4) is 0 Å². The minimum absolute atomic E-state index is 0.0536. The summed E-state index contributed by atoms with van der Waals surface area (Å²) in [6.45, 7) is 1.64. The number of carbonyl (C=O) groups is 1. The summed E-state index contributed by atoms with van der Waals surface area (Å²) in [5.41, 5.74) is 4.11. The molecule has 0 fully saturated rings. The van der Waals surface area contributed by atoms with E-state index >= 15 is 0 Å². The van der Waals surface area contributed by atoms with Crippen LogP contribution < -0.4 is 11.1 Å². The Morgan fingerprint density at radius 1 is 1.35 bits per heavy atom. The van der Waals surface area contributed by atoms with Crippen molar-refractivity contribution in [3.05, 3.63) is 41.1 Å². The van der Waals surface area contributed by atoms with Gasteiger partial charge >= 0.3 is 6.18 Å². The van der Waals surface area contributed by atoms with Crippen LogP contribution >= 0.6 is 0 Å². The number of carbonyl (C=O) groups excluding carboxylic acids is 1. The summed E-state index contributed by atoms with van der Waals surface area (Å²) >= 11 is 0. The fourth-order valence-electron chi connectivity index (χ4n) is 1.55. The number of amides is 1. The van der Waals surface area contributed by atoms with E-state index in [0.29, 0.717) is 11.8 Å². The summed E-state index contributed by atoms with van der Waals surface area (Å²) in [4.78, 5) is 11.8. The Morgan fingerprint density at radius 3 is 2.60 bits per heavy atom. The molecule has 0 aliphatic heterocycles. The number of nitrogens with two attached hydrogens (primary N) is 1. The lowest BCUT2D eigenvalue weighted by molar-refractivity contribution is -0.136. The fourth-order valence-corrected chi connectivity index (χ4v) is 1.55. The normalized spacial score (nSPS) is 11.4. The zero-order chi connectivity index (χ0) is 14.9. The molecule has 0 atom stereocenters. The quantitative estimate of drug-likeness (QED) is 0.831. The predicted octanol–water partition coefficient (Wildman–Crippen LogP) is 2.84. The SMILES string of the molecule is Cc1cc(NC(=O)c2ccc(N)c(C(F)(F)F)c2)on1. The first kappa shape index (κ1) is 13.9. The molecule has 0 unspecified atom stereocenters. The minimum Gasteiger partial charge on any atom is -0.398 e. The maximum atomic E-state index is 12.7. The van der Waals surface area contributed by atoms with Crippen LogP contribution in [0.3, 0.4) is 0 Å². The Labute approximate surface area is 111 Å². The van der Waals surface area contributed by atoms with Crippen LogP contribution in [0.1, 0.15) is 21.6 Å². The number of alkyl halides is 3. The first-order chi connectivity index (χ1) is 9.27. The van der Waals surface area contributed by atoms with Crippen molar-refractivity contribution in [2.75, 3.05) is 11.1 Å². The molecule has 1 aromatic carbocycles. The zero-order valence-electron chi connectivity index (χ0n) is 10.3. The van der Waals surface area contributed by atoms with Gasteiger partial charge in [0.1, 0.15) is 0 Å². The molecule has 0 aliphatic rings. The molecule has 106 valence electrons. The van der Waals surface area contributed by atoms with E-state index in [4.69, 9.17) is 10.3 Å². The molecule has 0 aliphatic carbocycles. The van der Waals surface area contributed by atoms with Crippen molar-refractivity contribution in [2.24, 2.45) is 0 Å². The highest BCUT2D eigenvalue weighted by molar-refractivity contribution is 6.03. The summed E-state index contributed by atoms with van der Waals surface area (Å²) in [6.07, 6.45) is -4.62. The second-order valence-corrected chi connectivity index (χ2v) is 4.09. The number of rotatable bonds is 2. The summed E-state index contributed by atoms with van der Waals surface area (Å²) in [5.74, 6) is -0.690. The molecule has 20 heavy (non-hydrogen) atoms.